The largest absolute Gasteiger partial charge is 0.456 e. The number of H-pyrrole nitrogens is 1. The van der Waals surface area contributed by atoms with Crippen LogP contribution in [0, 0.1) is 23.7 Å². The Bertz CT molecular complexity index is 2050. The van der Waals surface area contributed by atoms with Gasteiger partial charge in [0.1, 0.15) is 24.0 Å². The van der Waals surface area contributed by atoms with Crippen molar-refractivity contribution < 1.29 is 48.0 Å². The van der Waals surface area contributed by atoms with Gasteiger partial charge in [0, 0.05) is 76.7 Å². The van der Waals surface area contributed by atoms with E-state index in [0.717, 1.165) is 47.0 Å². The van der Waals surface area contributed by atoms with Crippen molar-refractivity contribution in [3.8, 4) is 0 Å². The minimum absolute atomic E-state index is 0.00712. The van der Waals surface area contributed by atoms with Gasteiger partial charge in [0.2, 0.25) is 5.79 Å². The first-order valence-corrected chi connectivity index (χ1v) is 24.2. The van der Waals surface area contributed by atoms with E-state index in [-0.39, 0.29) is 42.6 Å². The molecule has 0 radical (unpaired) electrons. The van der Waals surface area contributed by atoms with Crippen LogP contribution in [0.2, 0.25) is 0 Å². The van der Waals surface area contributed by atoms with Crippen LogP contribution in [0.4, 0.5) is 5.69 Å². The van der Waals surface area contributed by atoms with Gasteiger partial charge in [-0.25, -0.2) is 4.79 Å². The minimum Gasteiger partial charge on any atom is -0.456 e. The molecule has 2 aromatic rings. The Kier molecular flexibility index (Phi) is 17.0. The van der Waals surface area contributed by atoms with Crippen LogP contribution in [-0.2, 0) is 42.9 Å². The predicted octanol–water partition coefficient (Wildman–Crippen LogP) is 8.27. The fourth-order valence-electron chi connectivity index (χ4n) is 11.4. The summed E-state index contributed by atoms with van der Waals surface area (Å²) in [5.74, 6) is -6.33. The number of Topliss-reactive ketones (excluding diaryl/α,β-unsaturated/α-hetero) is 2. The normalized spacial score (nSPS) is 35.5. The van der Waals surface area contributed by atoms with Crippen molar-refractivity contribution in [2.24, 2.45) is 23.7 Å². The summed E-state index contributed by atoms with van der Waals surface area (Å²) in [6.45, 7) is 12.0. The van der Waals surface area contributed by atoms with Crippen molar-refractivity contribution in [3.05, 3.63) is 53.8 Å². The van der Waals surface area contributed by atoms with Crippen LogP contribution < -0.4 is 4.90 Å². The summed E-state index contributed by atoms with van der Waals surface area (Å²) < 4.78 is 30.9. The summed E-state index contributed by atoms with van der Waals surface area (Å²) in [6, 6.07) is 7.17. The summed E-state index contributed by atoms with van der Waals surface area (Å²) in [7, 11) is 7.00. The van der Waals surface area contributed by atoms with Crippen molar-refractivity contribution in [1.29, 1.82) is 0 Å². The number of likely N-dealkylation sites (N-methyl/N-ethyl adjacent to an activating group) is 1. The summed E-state index contributed by atoms with van der Waals surface area (Å²) >= 11 is 0. The molecule has 3 aliphatic heterocycles. The zero-order chi connectivity index (χ0) is 47.2. The average Bonchev–Trinajstić information content (AvgIpc) is 3.74. The van der Waals surface area contributed by atoms with E-state index in [0.29, 0.717) is 57.8 Å². The van der Waals surface area contributed by atoms with Crippen LogP contribution in [0.15, 0.2) is 53.8 Å². The second kappa shape index (κ2) is 21.8. The number of allylic oxidation sites excluding steroid dienone is 2. The number of piperidine rings is 1. The van der Waals surface area contributed by atoms with E-state index in [1.807, 2.05) is 46.0 Å². The number of anilines is 1. The molecule has 2 N–H and O–H groups in total. The van der Waals surface area contributed by atoms with Gasteiger partial charge in [-0.1, -0.05) is 63.6 Å². The second-order valence-electron chi connectivity index (χ2n) is 19.9. The molecule has 0 spiro atoms. The third-order valence-corrected chi connectivity index (χ3v) is 15.3. The van der Waals surface area contributed by atoms with Gasteiger partial charge in [0.15, 0.2) is 0 Å². The Balaban J connectivity index is 1.41. The summed E-state index contributed by atoms with van der Waals surface area (Å²) in [4.78, 5) is 64.9. The fourth-order valence-corrected chi connectivity index (χ4v) is 11.4. The number of esters is 1. The molecule has 1 aromatic carbocycles. The number of ketones is 2. The molecule has 13 heteroatoms. The lowest BCUT2D eigenvalue weighted by Crippen LogP contribution is -2.64. The quantitative estimate of drug-likeness (QED) is 0.149. The van der Waals surface area contributed by atoms with Crippen LogP contribution in [0.25, 0.3) is 10.9 Å². The number of benzene rings is 1. The number of carbonyl (C=O) groups is 4. The molecule has 4 heterocycles. The smallest absolute Gasteiger partial charge is 0.329 e. The van der Waals surface area contributed by atoms with Crippen LogP contribution in [-0.4, -0.2) is 121 Å². The number of amides is 1. The van der Waals surface area contributed by atoms with E-state index in [2.05, 4.69) is 48.1 Å². The Morgan fingerprint density at radius 3 is 2.42 bits per heavy atom. The topological polar surface area (TPSA) is 157 Å². The van der Waals surface area contributed by atoms with Gasteiger partial charge >= 0.3 is 5.97 Å². The summed E-state index contributed by atoms with van der Waals surface area (Å²) in [6.07, 6.45) is 11.5. The number of aromatic nitrogens is 1. The highest BCUT2D eigenvalue weighted by atomic mass is 16.7. The Labute approximate surface area is 387 Å². The monoisotopic (exact) mass is 904 g/mol. The maximum Gasteiger partial charge on any atom is 0.329 e. The number of para-hydroxylation sites is 1. The van der Waals surface area contributed by atoms with E-state index in [4.69, 9.17) is 23.7 Å². The lowest BCUT2D eigenvalue weighted by molar-refractivity contribution is -0.302. The number of nitrogens with zero attached hydrogens (tertiary/aromatic N) is 2. The number of nitrogens with one attached hydrogen (secondary N) is 1. The molecule has 1 saturated carbocycles. The molecular formula is C52H77N3O10. The zero-order valence-corrected chi connectivity index (χ0v) is 40.7. The minimum atomic E-state index is -2.48. The lowest BCUT2D eigenvalue weighted by atomic mass is 9.76. The van der Waals surface area contributed by atoms with Gasteiger partial charge in [0.25, 0.3) is 11.7 Å². The second-order valence-corrected chi connectivity index (χ2v) is 19.9. The molecule has 13 nitrogen and oxygen atoms in total. The number of fused-ring (bicyclic) bond motifs is 4. The third kappa shape index (κ3) is 11.0. The molecule has 12 atom stereocenters. The van der Waals surface area contributed by atoms with E-state index in [9.17, 15) is 24.3 Å². The summed E-state index contributed by atoms with van der Waals surface area (Å²) in [5, 5.41) is 13.3. The lowest BCUT2D eigenvalue weighted by Gasteiger charge is -2.47. The molecule has 6 rings (SSSR count). The van der Waals surface area contributed by atoms with Gasteiger partial charge in [-0.3, -0.25) is 14.4 Å². The molecule has 4 aliphatic rings. The van der Waals surface area contributed by atoms with E-state index in [1.54, 1.807) is 28.3 Å². The maximum atomic E-state index is 14.8. The average molecular weight is 904 g/mol. The van der Waals surface area contributed by atoms with Crippen molar-refractivity contribution in [1.82, 2.24) is 9.88 Å². The van der Waals surface area contributed by atoms with Gasteiger partial charge in [-0.15, -0.1) is 0 Å². The summed E-state index contributed by atoms with van der Waals surface area (Å²) in [5.41, 5.74) is 3.49. The van der Waals surface area contributed by atoms with Gasteiger partial charge < -0.3 is 43.6 Å². The van der Waals surface area contributed by atoms with Crippen LogP contribution >= 0.6 is 0 Å². The first-order chi connectivity index (χ1) is 31.0. The molecule has 360 valence electrons. The number of aliphatic hydroxyl groups is 1. The first-order valence-electron chi connectivity index (χ1n) is 24.2. The number of carbonyl (C=O) groups excluding carboxylic acids is 4. The maximum absolute atomic E-state index is 14.8. The van der Waals surface area contributed by atoms with Gasteiger partial charge in [-0.2, -0.15) is 0 Å². The Hall–Kier alpha value is -3.88. The number of cyclic esters (lactones) is 1. The molecular weight excluding hydrogens is 827 g/mol. The molecule has 12 unspecified atom stereocenters. The molecule has 1 aromatic heterocycles. The van der Waals surface area contributed by atoms with Gasteiger partial charge in [-0.05, 0) is 108 Å². The highest BCUT2D eigenvalue weighted by Gasteiger charge is 2.56. The SMILES string of the molecule is CCC1C=C(C)CC(C)CC(OC)C2OC(O)(C(=O)C(=O)N3CCCCC3C(=O)OC(C(C)=CC3(N(C)c4c[nH]c5ccccc45)CCCC(OC)C3)C(C)CCC1=O)C(C)CC2OC. The fraction of sp³-hybridized carbons (Fsp3) is 0.692. The van der Waals surface area contributed by atoms with Gasteiger partial charge in [0.05, 0.1) is 29.5 Å². The van der Waals surface area contributed by atoms with Crippen molar-refractivity contribution in [3.63, 3.8) is 0 Å². The molecule has 2 saturated heterocycles. The molecule has 65 heavy (non-hydrogen) atoms. The Morgan fingerprint density at radius 2 is 1.71 bits per heavy atom. The number of hydrogen-bond acceptors (Lipinski definition) is 11. The number of ether oxygens (including phenoxy) is 5. The molecule has 2 bridgehead atoms. The van der Waals surface area contributed by atoms with E-state index >= 15 is 0 Å². The number of rotatable bonds is 8. The van der Waals surface area contributed by atoms with Crippen LogP contribution in [0.1, 0.15) is 125 Å². The highest BCUT2D eigenvalue weighted by Crippen LogP contribution is 2.43. The van der Waals surface area contributed by atoms with Crippen LogP contribution in [0.5, 0.6) is 0 Å². The number of methoxy groups -OCH3 is 3. The third-order valence-electron chi connectivity index (χ3n) is 15.3. The van der Waals surface area contributed by atoms with E-state index in [1.165, 1.54) is 4.90 Å². The number of hydrogen-bond donors (Lipinski definition) is 2. The van der Waals surface area contributed by atoms with Crippen molar-refractivity contribution in [2.75, 3.05) is 39.8 Å². The molecule has 3 fully saturated rings. The van der Waals surface area contributed by atoms with Crippen molar-refractivity contribution >= 4 is 40.0 Å². The number of aromatic amines is 1. The molecule has 1 aliphatic carbocycles. The standard InChI is InChI=1S/C52H77N3O10/c1-11-37-26-32(2)25-33(3)27-44(62-9)47-45(63-10)28-36(6)52(60,65-47)48(57)49(58)55-24-15-14-20-41(55)50(59)64-46(34(4)21-22-43(37)56)35(5)29-51(23-16-17-38(30-51)61-8)54(7)42-31-53-40-19-13-12-18-39(40)42/h12-13,18-19,26,29,31,33-34,36-38,41,44-47,53,60H,11,14-17,20-25,27-28,30H2,1-10H3. The van der Waals surface area contributed by atoms with E-state index < -0.39 is 65.4 Å². The Morgan fingerprint density at radius 1 is 0.985 bits per heavy atom. The van der Waals surface area contributed by atoms with Crippen molar-refractivity contribution in [2.45, 2.75) is 173 Å². The first kappa shape index (κ1) is 50.5. The zero-order valence-electron chi connectivity index (χ0n) is 40.7. The molecule has 1 amide bonds. The predicted molar refractivity (Wildman–Crippen MR) is 251 cm³/mol. The van der Waals surface area contributed by atoms with Crippen LogP contribution in [0.3, 0.4) is 0 Å². The highest BCUT2D eigenvalue weighted by molar-refractivity contribution is 6.39.